The average Bonchev–Trinajstić information content (AvgIpc) is 2.87. The van der Waals surface area contributed by atoms with Crippen molar-refractivity contribution in [1.29, 1.82) is 0 Å². The van der Waals surface area contributed by atoms with Crippen molar-refractivity contribution in [2.45, 2.75) is 77.3 Å². The molecule has 0 radical (unpaired) electrons. The van der Waals surface area contributed by atoms with Crippen molar-refractivity contribution in [3.8, 4) is 11.5 Å². The fourth-order valence-corrected chi connectivity index (χ4v) is 5.04. The molecule has 1 atom stereocenters. The third kappa shape index (κ3) is 7.28. The molecule has 0 aliphatic heterocycles. The number of aliphatic carboxylic acids is 1. The normalized spacial score (nSPS) is 15.8. The van der Waals surface area contributed by atoms with Crippen molar-refractivity contribution in [1.82, 2.24) is 10.2 Å². The molecule has 2 amide bonds. The number of rotatable bonds is 14. The maximum absolute atomic E-state index is 13.7. The van der Waals surface area contributed by atoms with E-state index in [0.29, 0.717) is 42.3 Å². The standard InChI is InChI=1S/C30H38F2N2O6/c1-5-39-24-16-23(17-25(40-6-2)26(24)21(4)35)20(3)34(15-11-10-14-22-12-8-7-9-13-22)28(38)33-29(27(36)37)18-30(31,32)19-29/h7-9,12-13,16-17,20H,5-6,10-11,14-15,18-19H2,1-4H3,(H,33,38)(H,36,37). The van der Waals surface area contributed by atoms with Crippen molar-refractivity contribution in [2.24, 2.45) is 0 Å². The van der Waals surface area contributed by atoms with Crippen LogP contribution in [0.4, 0.5) is 13.6 Å². The molecule has 1 saturated carbocycles. The maximum Gasteiger partial charge on any atom is 0.329 e. The van der Waals surface area contributed by atoms with Gasteiger partial charge >= 0.3 is 12.0 Å². The molecule has 0 bridgehead atoms. The van der Waals surface area contributed by atoms with Crippen LogP contribution in [0.25, 0.3) is 0 Å². The lowest BCUT2D eigenvalue weighted by molar-refractivity contribution is -0.175. The topological polar surface area (TPSA) is 105 Å². The van der Waals surface area contributed by atoms with Gasteiger partial charge in [0.2, 0.25) is 0 Å². The molecular weight excluding hydrogens is 522 g/mol. The van der Waals surface area contributed by atoms with Crippen molar-refractivity contribution >= 4 is 17.8 Å². The zero-order valence-electron chi connectivity index (χ0n) is 23.5. The highest BCUT2D eigenvalue weighted by Gasteiger charge is 2.62. The number of alkyl halides is 2. The zero-order valence-corrected chi connectivity index (χ0v) is 23.5. The second-order valence-corrected chi connectivity index (χ2v) is 10.2. The van der Waals surface area contributed by atoms with Gasteiger partial charge in [-0.15, -0.1) is 0 Å². The van der Waals surface area contributed by atoms with Crippen LogP contribution < -0.4 is 14.8 Å². The van der Waals surface area contributed by atoms with Gasteiger partial charge in [0.25, 0.3) is 5.92 Å². The fourth-order valence-electron chi connectivity index (χ4n) is 5.04. The lowest BCUT2D eigenvalue weighted by atomic mass is 9.73. The van der Waals surface area contributed by atoms with Crippen LogP contribution in [-0.4, -0.2) is 59.0 Å². The summed E-state index contributed by atoms with van der Waals surface area (Å²) in [7, 11) is 0. The van der Waals surface area contributed by atoms with Crippen molar-refractivity contribution in [3.05, 3.63) is 59.2 Å². The van der Waals surface area contributed by atoms with E-state index >= 15 is 0 Å². The maximum atomic E-state index is 13.7. The summed E-state index contributed by atoms with van der Waals surface area (Å²) in [6.07, 6.45) is 0.193. The van der Waals surface area contributed by atoms with Crippen LogP contribution in [0.5, 0.6) is 11.5 Å². The van der Waals surface area contributed by atoms with E-state index in [4.69, 9.17) is 9.47 Å². The highest BCUT2D eigenvalue weighted by molar-refractivity contribution is 6.00. The Bertz CT molecular complexity index is 1170. The summed E-state index contributed by atoms with van der Waals surface area (Å²) in [5.41, 5.74) is 0.00250. The number of carboxylic acids is 1. The largest absolute Gasteiger partial charge is 0.493 e. The van der Waals surface area contributed by atoms with Crippen LogP contribution in [0.2, 0.25) is 0 Å². The number of aryl methyl sites for hydroxylation is 1. The van der Waals surface area contributed by atoms with Crippen LogP contribution >= 0.6 is 0 Å². The van der Waals surface area contributed by atoms with Crippen LogP contribution in [-0.2, 0) is 11.2 Å². The third-order valence-electron chi connectivity index (χ3n) is 7.08. The van der Waals surface area contributed by atoms with E-state index in [0.717, 1.165) is 18.4 Å². The molecule has 2 N–H and O–H groups in total. The number of hydrogen-bond acceptors (Lipinski definition) is 5. The smallest absolute Gasteiger partial charge is 0.329 e. The molecule has 0 spiro atoms. The van der Waals surface area contributed by atoms with Gasteiger partial charge in [0.15, 0.2) is 11.3 Å². The molecular formula is C30H38F2N2O6. The van der Waals surface area contributed by atoms with Crippen LogP contribution in [0.3, 0.4) is 0 Å². The highest BCUT2D eigenvalue weighted by atomic mass is 19.3. The van der Waals surface area contributed by atoms with Gasteiger partial charge in [0.05, 0.1) is 19.3 Å². The Kier molecular flexibility index (Phi) is 10.1. The summed E-state index contributed by atoms with van der Waals surface area (Å²) >= 11 is 0. The van der Waals surface area contributed by atoms with Gasteiger partial charge in [-0.3, -0.25) is 4.79 Å². The molecule has 1 aliphatic rings. The Morgan fingerprint density at radius 1 is 1.02 bits per heavy atom. The second kappa shape index (κ2) is 13.1. The predicted molar refractivity (Wildman–Crippen MR) is 146 cm³/mol. The minimum atomic E-state index is -3.15. The van der Waals surface area contributed by atoms with E-state index in [1.165, 1.54) is 11.8 Å². The number of carbonyl (C=O) groups is 3. The van der Waals surface area contributed by atoms with E-state index in [2.05, 4.69) is 5.32 Å². The summed E-state index contributed by atoms with van der Waals surface area (Å²) in [5.74, 6) is -4.26. The van der Waals surface area contributed by atoms with E-state index in [9.17, 15) is 28.3 Å². The Balaban J connectivity index is 1.91. The minimum Gasteiger partial charge on any atom is -0.493 e. The van der Waals surface area contributed by atoms with Crippen LogP contribution in [0.15, 0.2) is 42.5 Å². The molecule has 0 aromatic heterocycles. The Morgan fingerprint density at radius 2 is 1.60 bits per heavy atom. The quantitative estimate of drug-likeness (QED) is 0.216. The van der Waals surface area contributed by atoms with Crippen LogP contribution in [0.1, 0.15) is 80.9 Å². The molecule has 1 fully saturated rings. The van der Waals surface area contributed by atoms with E-state index in [-0.39, 0.29) is 12.3 Å². The number of amides is 2. The summed E-state index contributed by atoms with van der Waals surface area (Å²) in [5, 5.41) is 12.1. The minimum absolute atomic E-state index is 0.240. The van der Waals surface area contributed by atoms with E-state index in [1.807, 2.05) is 30.3 Å². The van der Waals surface area contributed by atoms with Crippen molar-refractivity contribution in [2.75, 3.05) is 19.8 Å². The Labute approximate surface area is 233 Å². The molecule has 1 aliphatic carbocycles. The lowest BCUT2D eigenvalue weighted by Crippen LogP contribution is -2.68. The summed E-state index contributed by atoms with van der Waals surface area (Å²) in [6, 6.07) is 11.8. The molecule has 40 heavy (non-hydrogen) atoms. The fraction of sp³-hybridized carbons (Fsp3) is 0.500. The molecule has 3 rings (SSSR count). The van der Waals surface area contributed by atoms with Gasteiger partial charge in [-0.1, -0.05) is 30.3 Å². The molecule has 2 aromatic rings. The van der Waals surface area contributed by atoms with Crippen LogP contribution in [0, 0.1) is 0 Å². The van der Waals surface area contributed by atoms with Gasteiger partial charge < -0.3 is 24.8 Å². The summed E-state index contributed by atoms with van der Waals surface area (Å²) < 4.78 is 39.0. The third-order valence-corrected chi connectivity index (χ3v) is 7.08. The Hall–Kier alpha value is -3.69. The number of nitrogens with one attached hydrogen (secondary N) is 1. The van der Waals surface area contributed by atoms with E-state index < -0.39 is 42.3 Å². The molecule has 2 aromatic carbocycles. The molecule has 1 unspecified atom stereocenters. The van der Waals surface area contributed by atoms with Gasteiger partial charge in [0.1, 0.15) is 17.1 Å². The van der Waals surface area contributed by atoms with Gasteiger partial charge in [-0.2, -0.15) is 0 Å². The first kappa shape index (κ1) is 30.8. The highest BCUT2D eigenvalue weighted by Crippen LogP contribution is 2.46. The van der Waals surface area contributed by atoms with Gasteiger partial charge in [-0.25, -0.2) is 18.4 Å². The van der Waals surface area contributed by atoms with Gasteiger partial charge in [-0.05, 0) is 70.2 Å². The molecule has 0 heterocycles. The first-order valence-corrected chi connectivity index (χ1v) is 13.6. The second-order valence-electron chi connectivity index (χ2n) is 10.2. The molecule has 0 saturated heterocycles. The molecule has 218 valence electrons. The number of ether oxygens (including phenoxy) is 2. The summed E-state index contributed by atoms with van der Waals surface area (Å²) in [4.78, 5) is 39.3. The number of unbranched alkanes of at least 4 members (excludes halogenated alkanes) is 1. The number of ketones is 1. The first-order chi connectivity index (χ1) is 18.9. The van der Waals surface area contributed by atoms with Crippen molar-refractivity contribution < 1.29 is 37.7 Å². The molecule has 8 nitrogen and oxygen atoms in total. The monoisotopic (exact) mass is 560 g/mol. The number of nitrogens with zero attached hydrogens (tertiary/aromatic N) is 1. The number of carboxylic acid groups (broad SMARTS) is 1. The predicted octanol–water partition coefficient (Wildman–Crippen LogP) is 6.03. The zero-order chi connectivity index (χ0) is 29.5. The number of urea groups is 1. The average molecular weight is 561 g/mol. The number of Topliss-reactive ketones (excluding diaryl/α,β-unsaturated/α-hetero) is 1. The van der Waals surface area contributed by atoms with E-state index in [1.54, 1.807) is 32.9 Å². The van der Waals surface area contributed by atoms with Gasteiger partial charge in [0, 0.05) is 19.4 Å². The lowest BCUT2D eigenvalue weighted by Gasteiger charge is -2.45. The van der Waals surface area contributed by atoms with Crippen molar-refractivity contribution in [3.63, 3.8) is 0 Å². The Morgan fingerprint density at radius 3 is 2.08 bits per heavy atom. The number of hydrogen-bond donors (Lipinski definition) is 2. The number of halogens is 2. The number of carbonyl (C=O) groups excluding carboxylic acids is 2. The molecule has 10 heteroatoms. The summed E-state index contributed by atoms with van der Waals surface area (Å²) in [6.45, 7) is 7.57. The first-order valence-electron chi connectivity index (χ1n) is 13.6. The number of benzene rings is 2. The SMILES string of the molecule is CCOc1cc(C(C)N(CCCCc2ccccc2)C(=O)NC2(C(=O)O)CC(F)(F)C2)cc(OCC)c1C(C)=O.